The molecule has 3 heteroatoms. The van der Waals surface area contributed by atoms with Gasteiger partial charge < -0.3 is 9.84 Å². The van der Waals surface area contributed by atoms with Gasteiger partial charge in [-0.15, -0.1) is 0 Å². The number of benzene rings is 1. The third-order valence-electron chi connectivity index (χ3n) is 1.71. The van der Waals surface area contributed by atoms with E-state index < -0.39 is 6.10 Å². The first-order valence-corrected chi connectivity index (χ1v) is 4.00. The van der Waals surface area contributed by atoms with Crippen LogP contribution in [0.4, 0.5) is 0 Å². The molecule has 1 N–H and O–H groups in total. The van der Waals surface area contributed by atoms with Crippen LogP contribution in [0.25, 0.3) is 0 Å². The summed E-state index contributed by atoms with van der Waals surface area (Å²) in [6, 6.07) is 8.80. The van der Waals surface area contributed by atoms with Crippen molar-refractivity contribution in [3.8, 4) is 0 Å². The molecule has 0 bridgehead atoms. The summed E-state index contributed by atoms with van der Waals surface area (Å²) in [5, 5.41) is 9.49. The lowest BCUT2D eigenvalue weighted by Gasteiger charge is -2.08. The number of hydrogen-bond donors (Lipinski definition) is 1. The maximum Gasteiger partial charge on any atom is 0.191 e. The molecule has 0 aliphatic carbocycles. The Balaban J connectivity index is 2.68. The molecule has 0 spiro atoms. The number of Topliss-reactive ketones (excluding diaryl/α,β-unsaturated/α-hetero) is 1. The van der Waals surface area contributed by atoms with Gasteiger partial charge in [0.15, 0.2) is 5.78 Å². The van der Waals surface area contributed by atoms with E-state index in [0.717, 1.165) is 0 Å². The van der Waals surface area contributed by atoms with Crippen molar-refractivity contribution in [2.45, 2.75) is 6.10 Å². The molecule has 1 aromatic carbocycles. The van der Waals surface area contributed by atoms with Gasteiger partial charge in [0.2, 0.25) is 0 Å². The normalized spacial score (nSPS) is 12.5. The lowest BCUT2D eigenvalue weighted by molar-refractivity contribution is -0.131. The number of rotatable bonds is 4. The van der Waals surface area contributed by atoms with Crippen molar-refractivity contribution in [3.63, 3.8) is 0 Å². The quantitative estimate of drug-likeness (QED) is 0.750. The molecule has 0 aliphatic heterocycles. The summed E-state index contributed by atoms with van der Waals surface area (Å²) in [6.07, 6.45) is -1.07. The van der Waals surface area contributed by atoms with E-state index in [1.54, 1.807) is 24.3 Å². The molecule has 0 saturated carbocycles. The summed E-state index contributed by atoms with van der Waals surface area (Å²) in [5.74, 6) is -0.325. The molecule has 13 heavy (non-hydrogen) atoms. The molecule has 0 saturated heterocycles. The molecule has 1 unspecified atom stereocenters. The Morgan fingerprint density at radius 1 is 1.46 bits per heavy atom. The summed E-state index contributed by atoms with van der Waals surface area (Å²) in [5.41, 5.74) is 0.601. The van der Waals surface area contributed by atoms with Gasteiger partial charge in [-0.05, 0) is 5.56 Å². The van der Waals surface area contributed by atoms with E-state index in [0.29, 0.717) is 5.56 Å². The fraction of sp³-hybridized carbons (Fsp3) is 0.300. The number of aliphatic hydroxyl groups is 1. The average Bonchev–Trinajstić information content (AvgIpc) is 2.18. The molecule has 0 aliphatic rings. The first-order valence-electron chi connectivity index (χ1n) is 4.00. The molecule has 0 aromatic heterocycles. The summed E-state index contributed by atoms with van der Waals surface area (Å²) < 4.78 is 4.64. The predicted molar refractivity (Wildman–Crippen MR) is 48.3 cm³/mol. The summed E-state index contributed by atoms with van der Waals surface area (Å²) in [7, 11) is 1.43. The van der Waals surface area contributed by atoms with Crippen molar-refractivity contribution in [1.82, 2.24) is 0 Å². The Morgan fingerprint density at radius 3 is 2.62 bits per heavy atom. The van der Waals surface area contributed by atoms with Crippen LogP contribution >= 0.6 is 0 Å². The van der Waals surface area contributed by atoms with Crippen LogP contribution in [0.1, 0.15) is 11.7 Å². The Labute approximate surface area is 77.0 Å². The number of methoxy groups -OCH3 is 1. The third-order valence-corrected chi connectivity index (χ3v) is 1.71. The molecule has 1 aromatic rings. The Bertz CT molecular complexity index is 269. The molecule has 0 heterocycles. The van der Waals surface area contributed by atoms with Crippen molar-refractivity contribution in [1.29, 1.82) is 0 Å². The molecule has 1 atom stereocenters. The number of carbonyl (C=O) groups excluding carboxylic acids is 1. The van der Waals surface area contributed by atoms with E-state index >= 15 is 0 Å². The summed E-state index contributed by atoms with van der Waals surface area (Å²) in [6.45, 7) is -0.0595. The maximum absolute atomic E-state index is 11.2. The minimum absolute atomic E-state index is 0.0595. The smallest absolute Gasteiger partial charge is 0.191 e. The number of carbonyl (C=O) groups is 1. The van der Waals surface area contributed by atoms with Crippen LogP contribution in [0, 0.1) is 0 Å². The van der Waals surface area contributed by atoms with Crippen molar-refractivity contribution in [2.75, 3.05) is 13.7 Å². The predicted octanol–water partition coefficient (Wildman–Crippen LogP) is 0.936. The van der Waals surface area contributed by atoms with E-state index in [1.165, 1.54) is 7.11 Å². The molecule has 1 rings (SSSR count). The van der Waals surface area contributed by atoms with Gasteiger partial charge in [0.25, 0.3) is 0 Å². The zero-order chi connectivity index (χ0) is 9.68. The van der Waals surface area contributed by atoms with E-state index in [9.17, 15) is 9.90 Å². The van der Waals surface area contributed by atoms with Gasteiger partial charge >= 0.3 is 0 Å². The lowest BCUT2D eigenvalue weighted by Crippen LogP contribution is -2.16. The Hall–Kier alpha value is -1.19. The number of hydrogen-bond acceptors (Lipinski definition) is 3. The first-order chi connectivity index (χ1) is 6.25. The van der Waals surface area contributed by atoms with Gasteiger partial charge in [-0.2, -0.15) is 0 Å². The topological polar surface area (TPSA) is 46.5 Å². The van der Waals surface area contributed by atoms with Gasteiger partial charge in [0.1, 0.15) is 12.7 Å². The lowest BCUT2D eigenvalue weighted by atomic mass is 10.1. The van der Waals surface area contributed by atoms with Crippen LogP contribution in [0.3, 0.4) is 0 Å². The number of ketones is 1. The van der Waals surface area contributed by atoms with Crippen molar-refractivity contribution < 1.29 is 14.6 Å². The van der Waals surface area contributed by atoms with E-state index in [4.69, 9.17) is 0 Å². The second-order valence-corrected chi connectivity index (χ2v) is 2.71. The first kappa shape index (κ1) is 9.89. The van der Waals surface area contributed by atoms with Crippen molar-refractivity contribution in [3.05, 3.63) is 35.9 Å². The molecule has 70 valence electrons. The largest absolute Gasteiger partial charge is 0.380 e. The minimum Gasteiger partial charge on any atom is -0.380 e. The molecule has 0 radical (unpaired) electrons. The maximum atomic E-state index is 11.2. The van der Waals surface area contributed by atoms with Gasteiger partial charge in [-0.1, -0.05) is 30.3 Å². The highest BCUT2D eigenvalue weighted by molar-refractivity contribution is 5.85. The van der Waals surface area contributed by atoms with E-state index in [2.05, 4.69) is 4.74 Å². The van der Waals surface area contributed by atoms with Crippen molar-refractivity contribution >= 4 is 5.78 Å². The highest BCUT2D eigenvalue weighted by atomic mass is 16.5. The molecule has 0 amide bonds. The average molecular weight is 180 g/mol. The third kappa shape index (κ3) is 2.65. The zero-order valence-electron chi connectivity index (χ0n) is 7.43. The van der Waals surface area contributed by atoms with Gasteiger partial charge in [0.05, 0.1) is 0 Å². The van der Waals surface area contributed by atoms with Crippen LogP contribution in [0.15, 0.2) is 30.3 Å². The van der Waals surface area contributed by atoms with Crippen LogP contribution in [0.5, 0.6) is 0 Å². The van der Waals surface area contributed by atoms with Crippen LogP contribution in [-0.2, 0) is 9.53 Å². The minimum atomic E-state index is -1.07. The molecule has 3 nitrogen and oxygen atoms in total. The van der Waals surface area contributed by atoms with Crippen molar-refractivity contribution in [2.24, 2.45) is 0 Å². The standard InChI is InChI=1S/C10H12O3/c1-13-7-9(11)10(12)8-5-3-2-4-6-8/h2-6,10,12H,7H2,1H3. The molecule has 0 fully saturated rings. The molecular formula is C10H12O3. The number of aliphatic hydroxyl groups excluding tert-OH is 1. The van der Waals surface area contributed by atoms with Gasteiger partial charge in [-0.3, -0.25) is 4.79 Å². The SMILES string of the molecule is COCC(=O)C(O)c1ccccc1. The zero-order valence-corrected chi connectivity index (χ0v) is 7.43. The van der Waals surface area contributed by atoms with E-state index in [-0.39, 0.29) is 12.4 Å². The second kappa shape index (κ2) is 4.74. The Morgan fingerprint density at radius 2 is 2.08 bits per heavy atom. The van der Waals surface area contributed by atoms with Gasteiger partial charge in [0, 0.05) is 7.11 Å². The second-order valence-electron chi connectivity index (χ2n) is 2.71. The summed E-state index contributed by atoms with van der Waals surface area (Å²) >= 11 is 0. The number of ether oxygens (including phenoxy) is 1. The fourth-order valence-corrected chi connectivity index (χ4v) is 1.04. The van der Waals surface area contributed by atoms with E-state index in [1.807, 2.05) is 6.07 Å². The molecular weight excluding hydrogens is 168 g/mol. The highest BCUT2D eigenvalue weighted by Crippen LogP contribution is 2.12. The highest BCUT2D eigenvalue weighted by Gasteiger charge is 2.15. The van der Waals surface area contributed by atoms with Gasteiger partial charge in [-0.25, -0.2) is 0 Å². The van der Waals surface area contributed by atoms with Crippen LogP contribution in [0.2, 0.25) is 0 Å². The van der Waals surface area contributed by atoms with Crippen LogP contribution < -0.4 is 0 Å². The van der Waals surface area contributed by atoms with Crippen LogP contribution in [-0.4, -0.2) is 24.6 Å². The fourth-order valence-electron chi connectivity index (χ4n) is 1.04. The summed E-state index contributed by atoms with van der Waals surface area (Å²) in [4.78, 5) is 11.2. The monoisotopic (exact) mass is 180 g/mol. The Kier molecular flexibility index (Phi) is 3.61.